The molecule has 1 atom stereocenters. The van der Waals surface area contributed by atoms with Crippen LogP contribution in [0.4, 0.5) is 0 Å². The molecule has 3 rings (SSSR count). The van der Waals surface area contributed by atoms with E-state index in [2.05, 4.69) is 0 Å². The third-order valence-corrected chi connectivity index (χ3v) is 4.90. The van der Waals surface area contributed by atoms with E-state index in [1.807, 2.05) is 19.1 Å². The number of carbonyl (C=O) groups is 1. The van der Waals surface area contributed by atoms with Crippen molar-refractivity contribution < 1.29 is 19.0 Å². The number of rotatable bonds is 4. The second-order valence-electron chi connectivity index (χ2n) is 6.10. The van der Waals surface area contributed by atoms with E-state index >= 15 is 0 Å². The maximum Gasteiger partial charge on any atom is 0.203 e. The van der Waals surface area contributed by atoms with E-state index in [-0.39, 0.29) is 11.5 Å². The normalized spacial score (nSPS) is 23.0. The third-order valence-electron chi connectivity index (χ3n) is 4.90. The summed E-state index contributed by atoms with van der Waals surface area (Å²) in [6.45, 7) is 1.99. The molecule has 114 valence electrons. The first-order valence-electron chi connectivity index (χ1n) is 7.53. The van der Waals surface area contributed by atoms with Crippen LogP contribution in [0.3, 0.4) is 0 Å². The summed E-state index contributed by atoms with van der Waals surface area (Å²) in [5.74, 6) is 2.31. The lowest BCUT2D eigenvalue weighted by molar-refractivity contribution is -0.151. The molecule has 1 spiro atoms. The summed E-state index contributed by atoms with van der Waals surface area (Å²) in [6, 6.07) is 3.86. The molecule has 2 fully saturated rings. The van der Waals surface area contributed by atoms with Crippen LogP contribution in [0.25, 0.3) is 0 Å². The molecule has 0 bridgehead atoms. The van der Waals surface area contributed by atoms with Gasteiger partial charge in [-0.05, 0) is 37.5 Å². The summed E-state index contributed by atoms with van der Waals surface area (Å²) in [5, 5.41) is 0. The lowest BCUT2D eigenvalue weighted by Crippen LogP contribution is -2.55. The van der Waals surface area contributed by atoms with Crippen LogP contribution < -0.4 is 14.2 Å². The molecule has 2 aliphatic rings. The van der Waals surface area contributed by atoms with Crippen molar-refractivity contribution in [3.05, 3.63) is 17.7 Å². The smallest absolute Gasteiger partial charge is 0.203 e. The van der Waals surface area contributed by atoms with E-state index < -0.39 is 0 Å². The Bertz CT molecular complexity index is 533. The molecule has 0 aromatic heterocycles. The molecular formula is C17H22O4. The summed E-state index contributed by atoms with van der Waals surface area (Å²) < 4.78 is 17.0. The fourth-order valence-corrected chi connectivity index (χ4v) is 3.65. The van der Waals surface area contributed by atoms with Crippen LogP contribution in [0.15, 0.2) is 12.1 Å². The van der Waals surface area contributed by atoms with E-state index in [0.29, 0.717) is 29.5 Å². The minimum Gasteiger partial charge on any atom is -0.493 e. The van der Waals surface area contributed by atoms with Crippen LogP contribution in [0.2, 0.25) is 0 Å². The minimum atomic E-state index is -0.249. The molecule has 1 aromatic rings. The first kappa shape index (κ1) is 14.2. The van der Waals surface area contributed by atoms with Crippen LogP contribution in [-0.4, -0.2) is 26.1 Å². The van der Waals surface area contributed by atoms with Gasteiger partial charge in [0.05, 0.1) is 19.6 Å². The monoisotopic (exact) mass is 290 g/mol. The molecule has 21 heavy (non-hydrogen) atoms. The summed E-state index contributed by atoms with van der Waals surface area (Å²) in [7, 11) is 3.25. The Labute approximate surface area is 125 Å². The first-order chi connectivity index (χ1) is 10.1. The molecule has 4 nitrogen and oxygen atoms in total. The van der Waals surface area contributed by atoms with Crippen LogP contribution in [-0.2, 0) is 4.79 Å². The Kier molecular flexibility index (Phi) is 3.56. The maximum absolute atomic E-state index is 12.1. The second-order valence-corrected chi connectivity index (χ2v) is 6.10. The molecule has 0 aliphatic heterocycles. The number of aryl methyl sites for hydroxylation is 1. The second kappa shape index (κ2) is 5.24. The van der Waals surface area contributed by atoms with Gasteiger partial charge in [0.25, 0.3) is 0 Å². The molecule has 0 amide bonds. The molecule has 0 N–H and O–H groups in total. The lowest BCUT2D eigenvalue weighted by Gasteiger charge is -2.45. The Morgan fingerprint density at radius 2 is 1.67 bits per heavy atom. The van der Waals surface area contributed by atoms with Gasteiger partial charge in [-0.3, -0.25) is 4.79 Å². The summed E-state index contributed by atoms with van der Waals surface area (Å²) >= 11 is 0. The minimum absolute atomic E-state index is 0.0435. The van der Waals surface area contributed by atoms with Crippen LogP contribution in [0, 0.1) is 12.3 Å². The molecular weight excluding hydrogens is 268 g/mol. The summed E-state index contributed by atoms with van der Waals surface area (Å²) in [6.07, 6.45) is 4.60. The van der Waals surface area contributed by atoms with Gasteiger partial charge in [0.1, 0.15) is 11.9 Å². The highest BCUT2D eigenvalue weighted by Crippen LogP contribution is 2.53. The average Bonchev–Trinajstić information content (AvgIpc) is 3.00. The molecule has 1 aromatic carbocycles. The Hall–Kier alpha value is -1.71. The van der Waals surface area contributed by atoms with E-state index in [0.717, 1.165) is 31.2 Å². The van der Waals surface area contributed by atoms with Gasteiger partial charge in [-0.2, -0.15) is 0 Å². The van der Waals surface area contributed by atoms with Gasteiger partial charge in [0, 0.05) is 6.42 Å². The van der Waals surface area contributed by atoms with Crippen molar-refractivity contribution in [1.29, 1.82) is 0 Å². The van der Waals surface area contributed by atoms with Crippen LogP contribution in [0.5, 0.6) is 17.2 Å². The molecule has 1 unspecified atom stereocenters. The number of hydrogen-bond acceptors (Lipinski definition) is 4. The van der Waals surface area contributed by atoms with E-state index in [4.69, 9.17) is 14.2 Å². The first-order valence-corrected chi connectivity index (χ1v) is 7.53. The van der Waals surface area contributed by atoms with Gasteiger partial charge in [-0.15, -0.1) is 0 Å². The fraction of sp³-hybridized carbons (Fsp3) is 0.588. The predicted molar refractivity (Wildman–Crippen MR) is 79.2 cm³/mol. The van der Waals surface area contributed by atoms with Crippen LogP contribution >= 0.6 is 0 Å². The van der Waals surface area contributed by atoms with E-state index in [1.54, 1.807) is 14.2 Å². The lowest BCUT2D eigenvalue weighted by atomic mass is 9.63. The van der Waals surface area contributed by atoms with Crippen LogP contribution in [0.1, 0.15) is 37.7 Å². The largest absolute Gasteiger partial charge is 0.493 e. The number of Topliss-reactive ketones (excluding diaryl/α,β-unsaturated/α-hetero) is 1. The van der Waals surface area contributed by atoms with Gasteiger partial charge >= 0.3 is 0 Å². The number of carbonyl (C=O) groups excluding carboxylic acids is 1. The summed E-state index contributed by atoms with van der Waals surface area (Å²) in [5.41, 5.74) is 0.803. The van der Waals surface area contributed by atoms with Crippen molar-refractivity contribution in [3.63, 3.8) is 0 Å². The van der Waals surface area contributed by atoms with Gasteiger partial charge < -0.3 is 14.2 Å². The van der Waals surface area contributed by atoms with E-state index in [1.165, 1.54) is 0 Å². The molecule has 0 heterocycles. The topological polar surface area (TPSA) is 44.8 Å². The molecule has 2 aliphatic carbocycles. The number of ketones is 1. The van der Waals surface area contributed by atoms with Crippen molar-refractivity contribution in [2.45, 2.75) is 45.1 Å². The van der Waals surface area contributed by atoms with Crippen molar-refractivity contribution in [3.8, 4) is 17.2 Å². The van der Waals surface area contributed by atoms with Gasteiger partial charge in [0.15, 0.2) is 11.5 Å². The third kappa shape index (κ3) is 2.17. The van der Waals surface area contributed by atoms with Crippen molar-refractivity contribution in [2.24, 2.45) is 5.41 Å². The van der Waals surface area contributed by atoms with Gasteiger partial charge in [-0.1, -0.05) is 12.8 Å². The molecule has 4 heteroatoms. The Morgan fingerprint density at radius 3 is 2.14 bits per heavy atom. The standard InChI is InChI=1S/C17H22O4/c1-11-8-12(19-2)16(13(9-11)20-3)21-15-10-14(18)17(15)6-4-5-7-17/h8-9,15H,4-7,10H2,1-3H3. The molecule has 0 radical (unpaired) electrons. The highest BCUT2D eigenvalue weighted by atomic mass is 16.5. The van der Waals surface area contributed by atoms with Gasteiger partial charge in [0.2, 0.25) is 5.75 Å². The van der Waals surface area contributed by atoms with Crippen molar-refractivity contribution in [2.75, 3.05) is 14.2 Å². The summed E-state index contributed by atoms with van der Waals surface area (Å²) in [4.78, 5) is 12.1. The zero-order valence-electron chi connectivity index (χ0n) is 12.9. The number of benzene rings is 1. The van der Waals surface area contributed by atoms with Gasteiger partial charge in [-0.25, -0.2) is 0 Å². The van der Waals surface area contributed by atoms with Crippen molar-refractivity contribution >= 4 is 5.78 Å². The zero-order valence-corrected chi connectivity index (χ0v) is 12.9. The number of hydrogen-bond donors (Lipinski definition) is 0. The predicted octanol–water partition coefficient (Wildman–Crippen LogP) is 3.29. The molecule has 0 saturated heterocycles. The molecule has 2 saturated carbocycles. The Balaban J connectivity index is 1.90. The Morgan fingerprint density at radius 1 is 1.10 bits per heavy atom. The average molecular weight is 290 g/mol. The highest BCUT2D eigenvalue weighted by molar-refractivity contribution is 5.92. The number of ether oxygens (including phenoxy) is 3. The maximum atomic E-state index is 12.1. The van der Waals surface area contributed by atoms with Crippen molar-refractivity contribution in [1.82, 2.24) is 0 Å². The fourth-order valence-electron chi connectivity index (χ4n) is 3.65. The highest BCUT2D eigenvalue weighted by Gasteiger charge is 2.57. The zero-order chi connectivity index (χ0) is 15.0. The number of methoxy groups -OCH3 is 2. The van der Waals surface area contributed by atoms with E-state index in [9.17, 15) is 4.79 Å². The SMILES string of the molecule is COc1cc(C)cc(OC)c1OC1CC(=O)C12CCCC2. The quantitative estimate of drug-likeness (QED) is 0.853.